The van der Waals surface area contributed by atoms with E-state index in [9.17, 15) is 5.11 Å². The molecule has 4 rings (SSSR count). The minimum Gasteiger partial charge on any atom is -0.508 e. The van der Waals surface area contributed by atoms with Crippen LogP contribution in [0.2, 0.25) is 0 Å². The van der Waals surface area contributed by atoms with Crippen LogP contribution < -0.4 is 10.9 Å². The molecular formula is C20H26N4O. The second-order valence-corrected chi connectivity index (χ2v) is 6.94. The van der Waals surface area contributed by atoms with Crippen LogP contribution in [0, 0.1) is 0 Å². The standard InChI is InChI=1S/C20H26N4O/c25-19-9-5-4-8-17(19)15-23-10-12-24(13-11-23)20-14-18(21-22-20)16-6-2-1-3-7-16/h1-9,18,20-22,25H,10-15H2. The van der Waals surface area contributed by atoms with E-state index in [0.717, 1.165) is 44.7 Å². The number of para-hydroxylation sites is 1. The molecule has 2 saturated heterocycles. The average molecular weight is 338 g/mol. The molecule has 5 nitrogen and oxygen atoms in total. The van der Waals surface area contributed by atoms with Gasteiger partial charge in [0.15, 0.2) is 0 Å². The Morgan fingerprint density at radius 1 is 0.880 bits per heavy atom. The quantitative estimate of drug-likeness (QED) is 0.797. The lowest BCUT2D eigenvalue weighted by Gasteiger charge is -2.37. The maximum atomic E-state index is 9.95. The highest BCUT2D eigenvalue weighted by Gasteiger charge is 2.31. The maximum Gasteiger partial charge on any atom is 0.120 e. The Morgan fingerprint density at radius 3 is 2.36 bits per heavy atom. The molecule has 0 radical (unpaired) electrons. The van der Waals surface area contributed by atoms with E-state index in [1.54, 1.807) is 6.07 Å². The Balaban J connectivity index is 1.29. The molecule has 0 bridgehead atoms. The first-order valence-electron chi connectivity index (χ1n) is 9.09. The molecule has 2 aromatic carbocycles. The van der Waals surface area contributed by atoms with Crippen LogP contribution in [0.15, 0.2) is 54.6 Å². The first-order chi connectivity index (χ1) is 12.3. The van der Waals surface area contributed by atoms with Crippen LogP contribution in [0.3, 0.4) is 0 Å². The smallest absolute Gasteiger partial charge is 0.120 e. The van der Waals surface area contributed by atoms with E-state index >= 15 is 0 Å². The molecule has 0 aromatic heterocycles. The second kappa shape index (κ2) is 7.54. The number of nitrogens with one attached hydrogen (secondary N) is 2. The molecule has 0 spiro atoms. The van der Waals surface area contributed by atoms with Gasteiger partial charge < -0.3 is 5.11 Å². The minimum atomic E-state index is 0.380. The molecule has 2 aliphatic rings. The van der Waals surface area contributed by atoms with Crippen LogP contribution in [0.4, 0.5) is 0 Å². The summed E-state index contributed by atoms with van der Waals surface area (Å²) in [6.45, 7) is 4.98. The lowest BCUT2D eigenvalue weighted by Crippen LogP contribution is -2.53. The topological polar surface area (TPSA) is 50.8 Å². The highest BCUT2D eigenvalue weighted by atomic mass is 16.3. The molecule has 2 unspecified atom stereocenters. The van der Waals surface area contributed by atoms with Crippen molar-refractivity contribution in [2.24, 2.45) is 0 Å². The lowest BCUT2D eigenvalue weighted by molar-refractivity contribution is 0.0826. The maximum absolute atomic E-state index is 9.95. The fourth-order valence-electron chi connectivity index (χ4n) is 3.80. The number of piperazine rings is 1. The van der Waals surface area contributed by atoms with Crippen LogP contribution >= 0.6 is 0 Å². The lowest BCUT2D eigenvalue weighted by atomic mass is 10.0. The molecule has 3 N–H and O–H groups in total. The second-order valence-electron chi connectivity index (χ2n) is 6.94. The van der Waals surface area contributed by atoms with Gasteiger partial charge in [-0.05, 0) is 18.1 Å². The molecule has 2 aromatic rings. The van der Waals surface area contributed by atoms with Gasteiger partial charge in [-0.25, -0.2) is 10.9 Å². The molecular weight excluding hydrogens is 312 g/mol. The van der Waals surface area contributed by atoms with E-state index in [2.05, 4.69) is 51.0 Å². The summed E-state index contributed by atoms with van der Waals surface area (Å²) in [5, 5.41) is 9.95. The van der Waals surface area contributed by atoms with E-state index < -0.39 is 0 Å². The summed E-state index contributed by atoms with van der Waals surface area (Å²) in [5.74, 6) is 0.400. The number of nitrogens with zero attached hydrogens (tertiary/aromatic N) is 2. The highest BCUT2D eigenvalue weighted by Crippen LogP contribution is 2.25. The number of benzene rings is 2. The third kappa shape index (κ3) is 3.85. The van der Waals surface area contributed by atoms with Crippen molar-refractivity contribution in [2.75, 3.05) is 26.2 Å². The zero-order valence-electron chi connectivity index (χ0n) is 14.4. The van der Waals surface area contributed by atoms with Crippen LogP contribution in [0.1, 0.15) is 23.6 Å². The summed E-state index contributed by atoms with van der Waals surface area (Å²) in [7, 11) is 0. The summed E-state index contributed by atoms with van der Waals surface area (Å²) < 4.78 is 0. The Kier molecular flexibility index (Phi) is 4.99. The van der Waals surface area contributed by atoms with Gasteiger partial charge in [0.2, 0.25) is 0 Å². The summed E-state index contributed by atoms with van der Waals surface area (Å²) >= 11 is 0. The first kappa shape index (κ1) is 16.5. The van der Waals surface area contributed by atoms with Gasteiger partial charge >= 0.3 is 0 Å². The van der Waals surface area contributed by atoms with Crippen LogP contribution in [-0.2, 0) is 6.54 Å². The number of phenolic OH excluding ortho intramolecular Hbond substituents is 1. The molecule has 2 atom stereocenters. The van der Waals surface area contributed by atoms with Gasteiger partial charge in [0.25, 0.3) is 0 Å². The molecule has 2 heterocycles. The van der Waals surface area contributed by atoms with Gasteiger partial charge in [-0.2, -0.15) is 0 Å². The van der Waals surface area contributed by atoms with Gasteiger partial charge in [0, 0.05) is 44.3 Å². The Bertz CT molecular complexity index is 685. The summed E-state index contributed by atoms with van der Waals surface area (Å²) in [4.78, 5) is 4.94. The van der Waals surface area contributed by atoms with Crippen molar-refractivity contribution in [1.82, 2.24) is 20.7 Å². The number of aromatic hydroxyl groups is 1. The van der Waals surface area contributed by atoms with Crippen molar-refractivity contribution < 1.29 is 5.11 Å². The van der Waals surface area contributed by atoms with E-state index in [4.69, 9.17) is 0 Å². The van der Waals surface area contributed by atoms with Crippen molar-refractivity contribution >= 4 is 0 Å². The molecule has 5 heteroatoms. The van der Waals surface area contributed by atoms with E-state index in [-0.39, 0.29) is 0 Å². The van der Waals surface area contributed by atoms with Gasteiger partial charge in [-0.15, -0.1) is 0 Å². The third-order valence-corrected chi connectivity index (χ3v) is 5.32. The number of phenols is 1. The summed E-state index contributed by atoms with van der Waals surface area (Å²) in [6, 6.07) is 18.7. The minimum absolute atomic E-state index is 0.380. The average Bonchev–Trinajstić information content (AvgIpc) is 3.15. The number of hydrogen-bond acceptors (Lipinski definition) is 5. The van der Waals surface area contributed by atoms with Crippen molar-refractivity contribution in [3.8, 4) is 5.75 Å². The number of hydrazine groups is 1. The van der Waals surface area contributed by atoms with Crippen molar-refractivity contribution in [3.63, 3.8) is 0 Å². The van der Waals surface area contributed by atoms with E-state index in [1.807, 2.05) is 18.2 Å². The summed E-state index contributed by atoms with van der Waals surface area (Å²) in [6.07, 6.45) is 1.47. The molecule has 2 aliphatic heterocycles. The third-order valence-electron chi connectivity index (χ3n) is 5.32. The van der Waals surface area contributed by atoms with E-state index in [1.165, 1.54) is 5.56 Å². The van der Waals surface area contributed by atoms with Crippen LogP contribution in [0.25, 0.3) is 0 Å². The van der Waals surface area contributed by atoms with E-state index in [0.29, 0.717) is 18.0 Å². The predicted octanol–water partition coefficient (Wildman–Crippen LogP) is 2.08. The van der Waals surface area contributed by atoms with Crippen molar-refractivity contribution in [1.29, 1.82) is 0 Å². The monoisotopic (exact) mass is 338 g/mol. The van der Waals surface area contributed by atoms with Gasteiger partial charge in [-0.1, -0.05) is 48.5 Å². The molecule has 0 aliphatic carbocycles. The zero-order valence-corrected chi connectivity index (χ0v) is 14.4. The molecule has 0 saturated carbocycles. The molecule has 132 valence electrons. The molecule has 2 fully saturated rings. The van der Waals surface area contributed by atoms with Gasteiger partial charge in [0.1, 0.15) is 5.75 Å². The Morgan fingerprint density at radius 2 is 1.60 bits per heavy atom. The number of rotatable bonds is 4. The predicted molar refractivity (Wildman–Crippen MR) is 98.8 cm³/mol. The van der Waals surface area contributed by atoms with Gasteiger partial charge in [-0.3, -0.25) is 9.80 Å². The van der Waals surface area contributed by atoms with Crippen LogP contribution in [0.5, 0.6) is 5.75 Å². The molecule has 0 amide bonds. The van der Waals surface area contributed by atoms with Crippen molar-refractivity contribution in [2.45, 2.75) is 25.2 Å². The van der Waals surface area contributed by atoms with Crippen molar-refractivity contribution in [3.05, 3.63) is 65.7 Å². The fourth-order valence-corrected chi connectivity index (χ4v) is 3.80. The van der Waals surface area contributed by atoms with Gasteiger partial charge in [0.05, 0.1) is 6.17 Å². The fraction of sp³-hybridized carbons (Fsp3) is 0.400. The molecule has 25 heavy (non-hydrogen) atoms. The van der Waals surface area contributed by atoms with Crippen LogP contribution in [-0.4, -0.2) is 47.3 Å². The Hall–Kier alpha value is -1.92. The first-order valence-corrected chi connectivity index (χ1v) is 9.09. The summed E-state index contributed by atoms with van der Waals surface area (Å²) in [5.41, 5.74) is 9.26. The number of hydrogen-bond donors (Lipinski definition) is 3. The Labute approximate surface area is 149 Å². The highest BCUT2D eigenvalue weighted by molar-refractivity contribution is 5.31. The zero-order chi connectivity index (χ0) is 17.1. The normalized spacial score (nSPS) is 25.3. The SMILES string of the molecule is Oc1ccccc1CN1CCN(C2CC(c3ccccc3)NN2)CC1. The largest absolute Gasteiger partial charge is 0.508 e.